The molecule has 24 heavy (non-hydrogen) atoms. The van der Waals surface area contributed by atoms with Crippen LogP contribution in [0.4, 0.5) is 13.2 Å². The van der Waals surface area contributed by atoms with Crippen molar-refractivity contribution in [3.05, 3.63) is 36.2 Å². The molecule has 0 saturated carbocycles. The summed E-state index contributed by atoms with van der Waals surface area (Å²) in [6.07, 6.45) is -1.85. The summed E-state index contributed by atoms with van der Waals surface area (Å²) in [6.45, 7) is -1.09. The van der Waals surface area contributed by atoms with E-state index in [-0.39, 0.29) is 17.3 Å². The van der Waals surface area contributed by atoms with E-state index in [1.165, 1.54) is 35.3 Å². The van der Waals surface area contributed by atoms with Crippen molar-refractivity contribution >= 4 is 5.91 Å². The SMILES string of the molecule is CC(CO)(COc1ccn(-c2ncccc2C(N)=O)n1)C(F)(F)F. The molecule has 3 N–H and O–H groups in total. The smallest absolute Gasteiger partial charge is 0.399 e. The first-order valence-electron chi connectivity index (χ1n) is 6.79. The van der Waals surface area contributed by atoms with Crippen LogP contribution in [0.15, 0.2) is 30.6 Å². The molecule has 0 radical (unpaired) electrons. The topological polar surface area (TPSA) is 103 Å². The average molecular weight is 344 g/mol. The van der Waals surface area contributed by atoms with Crippen LogP contribution in [0.1, 0.15) is 17.3 Å². The summed E-state index contributed by atoms with van der Waals surface area (Å²) in [7, 11) is 0. The molecule has 2 aromatic rings. The predicted molar refractivity (Wildman–Crippen MR) is 76.6 cm³/mol. The van der Waals surface area contributed by atoms with Crippen molar-refractivity contribution in [2.24, 2.45) is 11.1 Å². The number of halogens is 3. The van der Waals surface area contributed by atoms with E-state index in [4.69, 9.17) is 15.6 Å². The van der Waals surface area contributed by atoms with Gasteiger partial charge in [0.05, 0.1) is 12.2 Å². The molecule has 0 saturated heterocycles. The molecule has 0 bridgehead atoms. The molecule has 0 aliphatic rings. The monoisotopic (exact) mass is 344 g/mol. The predicted octanol–water partition coefficient (Wildman–Crippen LogP) is 1.31. The van der Waals surface area contributed by atoms with Crippen molar-refractivity contribution in [3.8, 4) is 11.7 Å². The van der Waals surface area contributed by atoms with Crippen molar-refractivity contribution < 1.29 is 27.8 Å². The van der Waals surface area contributed by atoms with E-state index >= 15 is 0 Å². The maximum Gasteiger partial charge on any atom is 0.399 e. The second-order valence-electron chi connectivity index (χ2n) is 5.34. The Hall–Kier alpha value is -2.62. The van der Waals surface area contributed by atoms with Gasteiger partial charge in [-0.3, -0.25) is 4.79 Å². The summed E-state index contributed by atoms with van der Waals surface area (Å²) < 4.78 is 44.9. The lowest BCUT2D eigenvalue weighted by Gasteiger charge is -2.29. The quantitative estimate of drug-likeness (QED) is 0.822. The molecule has 130 valence electrons. The second kappa shape index (κ2) is 6.48. The molecule has 1 amide bonds. The number of hydrogen-bond donors (Lipinski definition) is 2. The lowest BCUT2D eigenvalue weighted by atomic mass is 9.92. The fraction of sp³-hybridized carbons (Fsp3) is 0.357. The molecule has 0 aliphatic carbocycles. The van der Waals surface area contributed by atoms with Crippen LogP contribution < -0.4 is 10.5 Å². The number of pyridine rings is 1. The van der Waals surface area contributed by atoms with Crippen LogP contribution >= 0.6 is 0 Å². The number of carbonyl (C=O) groups is 1. The molecular formula is C14H15F3N4O3. The number of nitrogens with zero attached hydrogens (tertiary/aromatic N) is 3. The first-order valence-corrected chi connectivity index (χ1v) is 6.79. The number of rotatable bonds is 6. The van der Waals surface area contributed by atoms with Crippen LogP contribution in [0.25, 0.3) is 5.82 Å². The van der Waals surface area contributed by atoms with Gasteiger partial charge in [-0.1, -0.05) is 0 Å². The Balaban J connectivity index is 2.19. The summed E-state index contributed by atoms with van der Waals surface area (Å²) in [6, 6.07) is 4.27. The van der Waals surface area contributed by atoms with Crippen LogP contribution in [0.3, 0.4) is 0 Å². The molecule has 2 aromatic heterocycles. The first kappa shape index (κ1) is 17.7. The van der Waals surface area contributed by atoms with Gasteiger partial charge < -0.3 is 15.6 Å². The number of alkyl halides is 3. The minimum atomic E-state index is -4.63. The Morgan fingerprint density at radius 3 is 2.71 bits per heavy atom. The van der Waals surface area contributed by atoms with Gasteiger partial charge in [0, 0.05) is 18.5 Å². The minimum Gasteiger partial charge on any atom is -0.476 e. The largest absolute Gasteiger partial charge is 0.476 e. The van der Waals surface area contributed by atoms with E-state index in [2.05, 4.69) is 10.1 Å². The Morgan fingerprint density at radius 1 is 1.42 bits per heavy atom. The van der Waals surface area contributed by atoms with Gasteiger partial charge in [0.25, 0.3) is 5.91 Å². The van der Waals surface area contributed by atoms with Gasteiger partial charge in [0.2, 0.25) is 5.88 Å². The Bertz CT molecular complexity index is 732. The van der Waals surface area contributed by atoms with Crippen LogP contribution in [-0.2, 0) is 0 Å². The fourth-order valence-corrected chi connectivity index (χ4v) is 1.72. The van der Waals surface area contributed by atoms with Crippen LogP contribution in [0.2, 0.25) is 0 Å². The number of hydrogen-bond acceptors (Lipinski definition) is 5. The second-order valence-corrected chi connectivity index (χ2v) is 5.34. The lowest BCUT2D eigenvalue weighted by molar-refractivity contribution is -0.237. The van der Waals surface area contributed by atoms with Gasteiger partial charge in [-0.15, -0.1) is 5.10 Å². The van der Waals surface area contributed by atoms with Gasteiger partial charge >= 0.3 is 6.18 Å². The van der Waals surface area contributed by atoms with Gasteiger partial charge in [-0.25, -0.2) is 9.67 Å². The van der Waals surface area contributed by atoms with Crippen molar-refractivity contribution in [1.29, 1.82) is 0 Å². The molecule has 2 heterocycles. The highest BCUT2D eigenvalue weighted by molar-refractivity contribution is 5.95. The first-order chi connectivity index (χ1) is 11.2. The standard InChI is InChI=1S/C14H15F3N4O3/c1-13(7-22,14(15,16)17)8-24-10-4-6-21(20-10)12-9(11(18)23)3-2-5-19-12/h2-6,22H,7-8H2,1H3,(H2,18,23). The normalized spacial score (nSPS) is 14.2. The zero-order chi connectivity index (χ0) is 18.0. The number of primary amides is 1. The third-order valence-corrected chi connectivity index (χ3v) is 3.41. The number of nitrogens with two attached hydrogens (primary N) is 1. The molecule has 0 spiro atoms. The van der Waals surface area contributed by atoms with E-state index in [0.717, 1.165) is 6.92 Å². The molecule has 0 aromatic carbocycles. The number of aliphatic hydroxyl groups excluding tert-OH is 1. The zero-order valence-corrected chi connectivity index (χ0v) is 12.6. The van der Waals surface area contributed by atoms with Crippen LogP contribution in [0, 0.1) is 5.41 Å². The highest BCUT2D eigenvalue weighted by atomic mass is 19.4. The number of carbonyl (C=O) groups excluding carboxylic acids is 1. The summed E-state index contributed by atoms with van der Waals surface area (Å²) >= 11 is 0. The summed E-state index contributed by atoms with van der Waals surface area (Å²) in [4.78, 5) is 15.3. The van der Waals surface area contributed by atoms with E-state index in [0.29, 0.717) is 0 Å². The highest BCUT2D eigenvalue weighted by Gasteiger charge is 2.51. The lowest BCUT2D eigenvalue weighted by Crippen LogP contribution is -2.43. The van der Waals surface area contributed by atoms with E-state index in [1.807, 2.05) is 0 Å². The van der Waals surface area contributed by atoms with Gasteiger partial charge in [-0.05, 0) is 19.1 Å². The number of aromatic nitrogens is 3. The summed E-state index contributed by atoms with van der Waals surface area (Å²) in [5.74, 6) is -0.707. The maximum absolute atomic E-state index is 12.9. The number of aliphatic hydroxyl groups is 1. The third kappa shape index (κ3) is 3.48. The van der Waals surface area contributed by atoms with Crippen LogP contribution in [0.5, 0.6) is 5.88 Å². The Labute approximate surface area is 134 Å². The molecular weight excluding hydrogens is 329 g/mol. The molecule has 1 unspecified atom stereocenters. The summed E-state index contributed by atoms with van der Waals surface area (Å²) in [5, 5.41) is 12.9. The van der Waals surface area contributed by atoms with Gasteiger partial charge in [-0.2, -0.15) is 13.2 Å². The number of amides is 1. The maximum atomic E-state index is 12.9. The van der Waals surface area contributed by atoms with E-state index in [9.17, 15) is 18.0 Å². The molecule has 0 aliphatic heterocycles. The van der Waals surface area contributed by atoms with Crippen molar-refractivity contribution in [2.45, 2.75) is 13.1 Å². The van der Waals surface area contributed by atoms with Crippen LogP contribution in [-0.4, -0.2) is 45.2 Å². The molecule has 10 heteroatoms. The van der Waals surface area contributed by atoms with E-state index < -0.39 is 30.7 Å². The number of ether oxygens (including phenoxy) is 1. The van der Waals surface area contributed by atoms with Crippen molar-refractivity contribution in [2.75, 3.05) is 13.2 Å². The Morgan fingerprint density at radius 2 is 2.12 bits per heavy atom. The van der Waals surface area contributed by atoms with Crippen molar-refractivity contribution in [1.82, 2.24) is 14.8 Å². The third-order valence-electron chi connectivity index (χ3n) is 3.41. The van der Waals surface area contributed by atoms with Gasteiger partial charge in [0.1, 0.15) is 12.0 Å². The van der Waals surface area contributed by atoms with E-state index in [1.54, 1.807) is 0 Å². The zero-order valence-electron chi connectivity index (χ0n) is 12.6. The molecule has 2 rings (SSSR count). The molecule has 0 fully saturated rings. The highest BCUT2D eigenvalue weighted by Crippen LogP contribution is 2.37. The molecule has 7 nitrogen and oxygen atoms in total. The summed E-state index contributed by atoms with van der Waals surface area (Å²) in [5.41, 5.74) is 2.92. The minimum absolute atomic E-state index is 0.0997. The van der Waals surface area contributed by atoms with Crippen molar-refractivity contribution in [3.63, 3.8) is 0 Å². The average Bonchev–Trinajstić information content (AvgIpc) is 3.00. The fourth-order valence-electron chi connectivity index (χ4n) is 1.72. The van der Waals surface area contributed by atoms with Gasteiger partial charge in [0.15, 0.2) is 5.82 Å². The molecule has 1 atom stereocenters. The Kier molecular flexibility index (Phi) is 4.78.